The number of hydrogen-bond donors (Lipinski definition) is 1. The predicted molar refractivity (Wildman–Crippen MR) is 157 cm³/mol. The Bertz CT molecular complexity index is 1450. The Morgan fingerprint density at radius 2 is 1.79 bits per heavy atom. The molecule has 0 amide bonds. The number of methoxy groups -OCH3 is 1. The van der Waals surface area contributed by atoms with Gasteiger partial charge in [-0.05, 0) is 75.2 Å². The molecule has 0 unspecified atom stereocenters. The van der Waals surface area contributed by atoms with Gasteiger partial charge in [-0.2, -0.15) is 0 Å². The number of fused-ring (bicyclic) bond motifs is 1. The zero-order valence-corrected chi connectivity index (χ0v) is 23.2. The molecule has 39 heavy (non-hydrogen) atoms. The number of likely N-dealkylation sites (tertiary alicyclic amines) is 1. The fourth-order valence-electron chi connectivity index (χ4n) is 5.40. The highest BCUT2D eigenvalue weighted by molar-refractivity contribution is 6.31. The Morgan fingerprint density at radius 1 is 1.03 bits per heavy atom. The van der Waals surface area contributed by atoms with E-state index >= 15 is 0 Å². The summed E-state index contributed by atoms with van der Waals surface area (Å²) in [6.07, 6.45) is 2.04. The second-order valence-corrected chi connectivity index (χ2v) is 10.6. The summed E-state index contributed by atoms with van der Waals surface area (Å²) in [5, 5.41) is 5.31. The zero-order chi connectivity index (χ0) is 27.2. The van der Waals surface area contributed by atoms with Crippen LogP contribution in [0.25, 0.3) is 10.9 Å². The second-order valence-electron chi connectivity index (χ2n) is 10.2. The Balaban J connectivity index is 1.17. The predicted octanol–water partition coefficient (Wildman–Crippen LogP) is 6.82. The highest BCUT2D eigenvalue weighted by atomic mass is 35.5. The zero-order valence-electron chi connectivity index (χ0n) is 22.5. The first-order valence-corrected chi connectivity index (χ1v) is 13.7. The van der Waals surface area contributed by atoms with Crippen LogP contribution in [0.1, 0.15) is 24.1 Å². The maximum atomic E-state index is 12.8. The number of carbonyl (C=O) groups excluding carboxylic acids is 1. The summed E-state index contributed by atoms with van der Waals surface area (Å²) in [6, 6.07) is 26.0. The third kappa shape index (κ3) is 6.35. The van der Waals surface area contributed by atoms with Crippen LogP contribution in [0.15, 0.2) is 78.9 Å². The summed E-state index contributed by atoms with van der Waals surface area (Å²) in [5.41, 5.74) is 4.36. The van der Waals surface area contributed by atoms with Crippen molar-refractivity contribution in [3.63, 3.8) is 0 Å². The maximum absolute atomic E-state index is 12.8. The molecule has 202 valence electrons. The van der Waals surface area contributed by atoms with E-state index in [1.165, 1.54) is 7.11 Å². The average molecular weight is 544 g/mol. The number of rotatable bonds is 9. The Morgan fingerprint density at radius 3 is 2.59 bits per heavy atom. The van der Waals surface area contributed by atoms with Crippen molar-refractivity contribution in [2.75, 3.05) is 38.7 Å². The van der Waals surface area contributed by atoms with E-state index in [0.29, 0.717) is 18.1 Å². The number of ether oxygens (including phenoxy) is 2. The third-order valence-corrected chi connectivity index (χ3v) is 7.92. The molecule has 5 rings (SSSR count). The molecule has 3 aromatic carbocycles. The first-order chi connectivity index (χ1) is 19.0. The van der Waals surface area contributed by atoms with Crippen LogP contribution in [-0.4, -0.2) is 49.2 Å². The van der Waals surface area contributed by atoms with Crippen molar-refractivity contribution in [3.8, 4) is 5.75 Å². The SMILES string of the molecule is COC(=O)C1(Cc2ccccc2Cl)CCN(CCOc2cccc(Nc3cc(C)nc4ccccc34)c2)CC1. The van der Waals surface area contributed by atoms with Crippen molar-refractivity contribution in [2.24, 2.45) is 5.41 Å². The summed E-state index contributed by atoms with van der Waals surface area (Å²) in [4.78, 5) is 19.8. The number of nitrogens with one attached hydrogen (secondary N) is 1. The van der Waals surface area contributed by atoms with Gasteiger partial charge in [-0.3, -0.25) is 14.7 Å². The van der Waals surface area contributed by atoms with Crippen molar-refractivity contribution in [3.05, 3.63) is 95.1 Å². The fourth-order valence-corrected chi connectivity index (χ4v) is 5.61. The van der Waals surface area contributed by atoms with E-state index in [9.17, 15) is 4.79 Å². The van der Waals surface area contributed by atoms with Crippen LogP contribution >= 0.6 is 11.6 Å². The summed E-state index contributed by atoms with van der Waals surface area (Å²) >= 11 is 6.41. The van der Waals surface area contributed by atoms with Crippen LogP contribution in [0.4, 0.5) is 11.4 Å². The smallest absolute Gasteiger partial charge is 0.312 e. The molecule has 1 aliphatic rings. The molecule has 1 saturated heterocycles. The van der Waals surface area contributed by atoms with Gasteiger partial charge < -0.3 is 14.8 Å². The summed E-state index contributed by atoms with van der Waals surface area (Å²) < 4.78 is 11.4. The van der Waals surface area contributed by atoms with Crippen molar-refractivity contribution in [1.29, 1.82) is 0 Å². The van der Waals surface area contributed by atoms with Crippen molar-refractivity contribution < 1.29 is 14.3 Å². The van der Waals surface area contributed by atoms with E-state index in [4.69, 9.17) is 21.1 Å². The van der Waals surface area contributed by atoms with E-state index in [2.05, 4.69) is 27.3 Å². The number of para-hydroxylation sites is 1. The lowest BCUT2D eigenvalue weighted by Gasteiger charge is -2.40. The third-order valence-electron chi connectivity index (χ3n) is 7.55. The molecule has 1 aromatic heterocycles. The van der Waals surface area contributed by atoms with Crippen molar-refractivity contribution >= 4 is 39.8 Å². The Labute approximate surface area is 234 Å². The lowest BCUT2D eigenvalue weighted by molar-refractivity contribution is -0.156. The minimum atomic E-state index is -0.549. The van der Waals surface area contributed by atoms with E-state index in [1.54, 1.807) is 0 Å². The van der Waals surface area contributed by atoms with Crippen molar-refractivity contribution in [2.45, 2.75) is 26.2 Å². The molecule has 0 aliphatic carbocycles. The van der Waals surface area contributed by atoms with Gasteiger partial charge >= 0.3 is 5.97 Å². The number of anilines is 2. The maximum Gasteiger partial charge on any atom is 0.312 e. The number of aryl methyl sites for hydroxylation is 1. The van der Waals surface area contributed by atoms with Crippen LogP contribution in [0, 0.1) is 12.3 Å². The monoisotopic (exact) mass is 543 g/mol. The quantitative estimate of drug-likeness (QED) is 0.234. The molecular weight excluding hydrogens is 510 g/mol. The van der Waals surface area contributed by atoms with Gasteiger partial charge in [0.15, 0.2) is 0 Å². The van der Waals surface area contributed by atoms with Gasteiger partial charge in [-0.25, -0.2) is 0 Å². The molecule has 0 atom stereocenters. The minimum absolute atomic E-state index is 0.153. The van der Waals surface area contributed by atoms with Gasteiger partial charge in [-0.15, -0.1) is 0 Å². The minimum Gasteiger partial charge on any atom is -0.492 e. The van der Waals surface area contributed by atoms with E-state index in [1.807, 2.05) is 73.7 Å². The molecule has 0 saturated carbocycles. The number of benzene rings is 3. The lowest BCUT2D eigenvalue weighted by atomic mass is 9.73. The standard InChI is InChI=1S/C32H34ClN3O3/c1-23-20-30(27-11-4-6-13-29(27)34-23)35-25-9-7-10-26(21-25)39-19-18-36-16-14-32(15-17-36,31(37)38-2)22-24-8-3-5-12-28(24)33/h3-13,20-21H,14-19,22H2,1-2H3,(H,34,35). The summed E-state index contributed by atoms with van der Waals surface area (Å²) in [7, 11) is 1.47. The van der Waals surface area contributed by atoms with Crippen LogP contribution in [-0.2, 0) is 16.0 Å². The van der Waals surface area contributed by atoms with E-state index in [0.717, 1.165) is 71.8 Å². The number of esters is 1. The van der Waals surface area contributed by atoms with Gasteiger partial charge in [0.2, 0.25) is 0 Å². The molecule has 1 fully saturated rings. The van der Waals surface area contributed by atoms with Gasteiger partial charge in [0.05, 0.1) is 18.0 Å². The summed E-state index contributed by atoms with van der Waals surface area (Å²) in [5.74, 6) is 0.662. The number of carbonyl (C=O) groups is 1. The molecule has 4 aromatic rings. The van der Waals surface area contributed by atoms with Crippen LogP contribution in [0.2, 0.25) is 5.02 Å². The van der Waals surface area contributed by atoms with Crippen LogP contribution < -0.4 is 10.1 Å². The molecule has 0 radical (unpaired) electrons. The molecular formula is C32H34ClN3O3. The molecule has 1 aliphatic heterocycles. The van der Waals surface area contributed by atoms with Crippen LogP contribution in [0.5, 0.6) is 5.75 Å². The van der Waals surface area contributed by atoms with Gasteiger partial charge in [-0.1, -0.05) is 54.1 Å². The number of aromatic nitrogens is 1. The Hall–Kier alpha value is -3.61. The fraction of sp³-hybridized carbons (Fsp3) is 0.312. The summed E-state index contributed by atoms with van der Waals surface area (Å²) in [6.45, 7) is 4.97. The molecule has 0 spiro atoms. The highest BCUT2D eigenvalue weighted by Gasteiger charge is 2.42. The number of hydrogen-bond acceptors (Lipinski definition) is 6. The Kier molecular flexibility index (Phi) is 8.34. The topological polar surface area (TPSA) is 63.7 Å². The van der Waals surface area contributed by atoms with Crippen molar-refractivity contribution in [1.82, 2.24) is 9.88 Å². The van der Waals surface area contributed by atoms with Gasteiger partial charge in [0.1, 0.15) is 12.4 Å². The number of nitrogens with zero attached hydrogens (tertiary/aromatic N) is 2. The van der Waals surface area contributed by atoms with Crippen LogP contribution in [0.3, 0.4) is 0 Å². The first-order valence-electron chi connectivity index (χ1n) is 13.4. The first kappa shape index (κ1) is 27.0. The molecule has 0 bridgehead atoms. The number of pyridine rings is 1. The number of piperidine rings is 1. The van der Waals surface area contributed by atoms with E-state index in [-0.39, 0.29) is 5.97 Å². The number of halogens is 1. The lowest BCUT2D eigenvalue weighted by Crippen LogP contribution is -2.47. The molecule has 1 N–H and O–H groups in total. The van der Waals surface area contributed by atoms with Gasteiger partial charge in [0.25, 0.3) is 0 Å². The molecule has 2 heterocycles. The largest absolute Gasteiger partial charge is 0.492 e. The van der Waals surface area contributed by atoms with E-state index < -0.39 is 5.41 Å². The van der Waals surface area contributed by atoms with Gasteiger partial charge in [0, 0.05) is 40.1 Å². The normalized spacial score (nSPS) is 15.2. The second kappa shape index (κ2) is 12.1. The molecule has 6 nitrogen and oxygen atoms in total. The average Bonchev–Trinajstić information content (AvgIpc) is 2.95. The highest BCUT2D eigenvalue weighted by Crippen LogP contribution is 2.38. The molecule has 7 heteroatoms.